The molecule has 0 saturated carbocycles. The predicted octanol–water partition coefficient (Wildman–Crippen LogP) is 8.05. The van der Waals surface area contributed by atoms with Crippen LogP contribution in [0, 0.1) is 0 Å². The maximum atomic E-state index is 13.6. The van der Waals surface area contributed by atoms with Gasteiger partial charge in [0.2, 0.25) is 0 Å². The maximum absolute atomic E-state index is 13.6. The molecule has 3 aromatic rings. The lowest BCUT2D eigenvalue weighted by molar-refractivity contribution is -0.423. The number of sulfone groups is 1. The Labute approximate surface area is 253 Å². The molecule has 2 heterocycles. The molecule has 0 bridgehead atoms. The third-order valence-corrected chi connectivity index (χ3v) is 10.1. The number of alkyl halides is 9. The maximum Gasteiger partial charge on any atom is 0.424 e. The second-order valence-electron chi connectivity index (χ2n) is 11.5. The molecule has 1 saturated heterocycles. The number of rotatable bonds is 6. The Balaban J connectivity index is 1.27. The Morgan fingerprint density at radius 3 is 1.71 bits per heavy atom. The van der Waals surface area contributed by atoms with Crippen molar-refractivity contribution in [1.82, 2.24) is 4.90 Å². The van der Waals surface area contributed by atoms with Gasteiger partial charge in [0.25, 0.3) is 0 Å². The lowest BCUT2D eigenvalue weighted by atomic mass is 9.80. The standard InChI is InChI=1S/C31H28F9NO3S/c32-29(33,34)28(30(35,36)37,31(38,39)40)41-16-14-27(15-17-41)13-12-25-18-24(10-11-26(25)44-27)23-8-6-22(7-9-23)20-45(42,43)19-21-4-2-1-3-5-21/h1-11,18H,12-17,19-20H2. The van der Waals surface area contributed by atoms with E-state index in [9.17, 15) is 47.9 Å². The van der Waals surface area contributed by atoms with E-state index in [1.807, 2.05) is 6.07 Å². The van der Waals surface area contributed by atoms with Crippen LogP contribution in [0.5, 0.6) is 5.75 Å². The van der Waals surface area contributed by atoms with Crippen LogP contribution in [0.3, 0.4) is 0 Å². The summed E-state index contributed by atoms with van der Waals surface area (Å²) >= 11 is 0. The Morgan fingerprint density at radius 2 is 1.18 bits per heavy atom. The first-order valence-electron chi connectivity index (χ1n) is 14.0. The zero-order valence-electron chi connectivity index (χ0n) is 23.6. The molecule has 0 radical (unpaired) electrons. The van der Waals surface area contributed by atoms with Crippen molar-refractivity contribution >= 4 is 9.84 Å². The van der Waals surface area contributed by atoms with Crippen LogP contribution in [0.2, 0.25) is 0 Å². The second kappa shape index (κ2) is 11.5. The van der Waals surface area contributed by atoms with Crippen LogP contribution >= 0.6 is 0 Å². The van der Waals surface area contributed by atoms with Crippen molar-refractivity contribution in [3.63, 3.8) is 0 Å². The molecule has 2 aliphatic rings. The van der Waals surface area contributed by atoms with Crippen LogP contribution in [-0.4, -0.2) is 56.1 Å². The number of hydrogen-bond donors (Lipinski definition) is 0. The zero-order valence-corrected chi connectivity index (χ0v) is 24.4. The van der Waals surface area contributed by atoms with Crippen molar-refractivity contribution in [2.45, 2.75) is 66.9 Å². The van der Waals surface area contributed by atoms with Crippen molar-refractivity contribution < 1.29 is 52.7 Å². The van der Waals surface area contributed by atoms with E-state index >= 15 is 0 Å². The molecule has 0 aromatic heterocycles. The summed E-state index contributed by atoms with van der Waals surface area (Å²) in [5.41, 5.74) is -3.61. The number of piperidine rings is 1. The highest BCUT2D eigenvalue weighted by molar-refractivity contribution is 7.89. The third-order valence-electron chi connectivity index (χ3n) is 8.52. The number of fused-ring (bicyclic) bond motifs is 1. The average Bonchev–Trinajstić information content (AvgIpc) is 2.92. The Hall–Kier alpha value is -3.26. The molecule has 0 atom stereocenters. The SMILES string of the molecule is O=S(=O)(Cc1ccccc1)Cc1ccc(-c2ccc3c(c2)CCC2(CCN(C(C(F)(F)F)(C(F)(F)F)C(F)(F)F)CC2)O3)cc1. The summed E-state index contributed by atoms with van der Waals surface area (Å²) in [7, 11) is -3.41. The highest BCUT2D eigenvalue weighted by atomic mass is 32.2. The minimum absolute atomic E-state index is 0.0895. The lowest BCUT2D eigenvalue weighted by Crippen LogP contribution is -2.76. The monoisotopic (exact) mass is 665 g/mol. The van der Waals surface area contributed by atoms with Crippen LogP contribution in [0.4, 0.5) is 39.5 Å². The molecule has 0 amide bonds. The van der Waals surface area contributed by atoms with Gasteiger partial charge in [-0.15, -0.1) is 0 Å². The summed E-state index contributed by atoms with van der Waals surface area (Å²) in [6.45, 7) is -2.22. The largest absolute Gasteiger partial charge is 0.487 e. The van der Waals surface area contributed by atoms with E-state index in [1.54, 1.807) is 66.7 Å². The molecular weight excluding hydrogens is 637 g/mol. The molecule has 0 unspecified atom stereocenters. The molecule has 1 fully saturated rings. The fraction of sp³-hybridized carbons (Fsp3) is 0.419. The van der Waals surface area contributed by atoms with Crippen molar-refractivity contribution in [1.29, 1.82) is 0 Å². The highest BCUT2D eigenvalue weighted by Crippen LogP contribution is 2.57. The first kappa shape index (κ1) is 33.1. The highest BCUT2D eigenvalue weighted by Gasteiger charge is 2.86. The summed E-state index contributed by atoms with van der Waals surface area (Å²) in [4.78, 5) is -0.559. The van der Waals surface area contributed by atoms with Crippen LogP contribution in [0.15, 0.2) is 72.8 Å². The zero-order chi connectivity index (χ0) is 32.9. The lowest BCUT2D eigenvalue weighted by Gasteiger charge is -2.51. The normalized spacial score (nSPS) is 18.0. The van der Waals surface area contributed by atoms with Gasteiger partial charge < -0.3 is 4.74 Å². The van der Waals surface area contributed by atoms with Crippen LogP contribution in [-0.2, 0) is 27.8 Å². The molecule has 3 aromatic carbocycles. The third kappa shape index (κ3) is 6.40. The molecule has 14 heteroatoms. The Bertz CT molecular complexity index is 1570. The van der Waals surface area contributed by atoms with Gasteiger partial charge in [0.1, 0.15) is 11.4 Å². The fourth-order valence-electron chi connectivity index (χ4n) is 6.25. The van der Waals surface area contributed by atoms with E-state index in [1.165, 1.54) is 0 Å². The number of aryl methyl sites for hydroxylation is 1. The summed E-state index contributed by atoms with van der Waals surface area (Å²) < 4.78 is 154. The van der Waals surface area contributed by atoms with E-state index in [4.69, 9.17) is 4.74 Å². The second-order valence-corrected chi connectivity index (χ2v) is 13.6. The van der Waals surface area contributed by atoms with Gasteiger partial charge in [0.05, 0.1) is 11.5 Å². The Morgan fingerprint density at radius 1 is 0.667 bits per heavy atom. The van der Waals surface area contributed by atoms with Gasteiger partial charge in [-0.05, 0) is 65.6 Å². The molecule has 45 heavy (non-hydrogen) atoms. The van der Waals surface area contributed by atoms with Gasteiger partial charge >= 0.3 is 24.1 Å². The summed E-state index contributed by atoms with van der Waals surface area (Å²) in [5, 5.41) is 0. The number of nitrogens with zero attached hydrogens (tertiary/aromatic N) is 1. The van der Waals surface area contributed by atoms with Gasteiger partial charge in [-0.25, -0.2) is 8.42 Å². The first-order valence-corrected chi connectivity index (χ1v) is 15.8. The number of hydrogen-bond acceptors (Lipinski definition) is 4. The van der Waals surface area contributed by atoms with Crippen molar-refractivity contribution in [3.8, 4) is 16.9 Å². The van der Waals surface area contributed by atoms with Crippen molar-refractivity contribution in [2.75, 3.05) is 13.1 Å². The van der Waals surface area contributed by atoms with Crippen LogP contribution in [0.25, 0.3) is 11.1 Å². The summed E-state index contributed by atoms with van der Waals surface area (Å²) in [6.07, 6.45) is -20.3. The summed E-state index contributed by atoms with van der Waals surface area (Å²) in [5.74, 6) is 0.125. The molecule has 5 rings (SSSR count). The van der Waals surface area contributed by atoms with Gasteiger partial charge in [-0.1, -0.05) is 60.7 Å². The molecule has 244 valence electrons. The number of likely N-dealkylation sites (tertiary alicyclic amines) is 1. The van der Waals surface area contributed by atoms with Crippen LogP contribution < -0.4 is 4.74 Å². The molecule has 4 nitrogen and oxygen atoms in total. The summed E-state index contributed by atoms with van der Waals surface area (Å²) in [6, 6.07) is 20.9. The van der Waals surface area contributed by atoms with E-state index in [0.29, 0.717) is 23.3 Å². The quantitative estimate of drug-likeness (QED) is 0.250. The fourth-order valence-corrected chi connectivity index (χ4v) is 7.75. The Kier molecular flexibility index (Phi) is 8.48. The smallest absolute Gasteiger partial charge is 0.424 e. The van der Waals surface area contributed by atoms with Crippen molar-refractivity contribution in [3.05, 3.63) is 89.5 Å². The number of halogens is 9. The minimum Gasteiger partial charge on any atom is -0.487 e. The van der Waals surface area contributed by atoms with E-state index < -0.39 is 70.3 Å². The van der Waals surface area contributed by atoms with Crippen LogP contribution in [0.1, 0.15) is 36.0 Å². The first-order chi connectivity index (χ1) is 20.9. The number of ether oxygens (including phenoxy) is 1. The van der Waals surface area contributed by atoms with Gasteiger partial charge in [0.15, 0.2) is 9.84 Å². The number of benzene rings is 3. The molecule has 1 spiro atoms. The van der Waals surface area contributed by atoms with Gasteiger partial charge in [0, 0.05) is 13.1 Å². The van der Waals surface area contributed by atoms with E-state index in [0.717, 1.165) is 16.7 Å². The topological polar surface area (TPSA) is 46.6 Å². The van der Waals surface area contributed by atoms with Gasteiger partial charge in [-0.3, -0.25) is 4.90 Å². The van der Waals surface area contributed by atoms with E-state index in [-0.39, 0.29) is 17.9 Å². The van der Waals surface area contributed by atoms with Gasteiger partial charge in [-0.2, -0.15) is 39.5 Å². The predicted molar refractivity (Wildman–Crippen MR) is 148 cm³/mol. The molecule has 0 N–H and O–H groups in total. The van der Waals surface area contributed by atoms with E-state index in [2.05, 4.69) is 0 Å². The molecular formula is C31H28F9NO3S. The molecule has 2 aliphatic heterocycles. The van der Waals surface area contributed by atoms with Crippen molar-refractivity contribution in [2.24, 2.45) is 0 Å². The molecule has 0 aliphatic carbocycles. The average molecular weight is 666 g/mol. The minimum atomic E-state index is -6.64.